The van der Waals surface area contributed by atoms with Crippen LogP contribution < -0.4 is 0 Å². The van der Waals surface area contributed by atoms with Gasteiger partial charge < -0.3 is 5.11 Å². The Bertz CT molecular complexity index is 227. The lowest BCUT2D eigenvalue weighted by Gasteiger charge is -2.02. The zero-order valence-corrected chi connectivity index (χ0v) is 6.21. The Morgan fingerprint density at radius 1 is 1.50 bits per heavy atom. The van der Waals surface area contributed by atoms with Gasteiger partial charge in [-0.25, -0.2) is 4.98 Å². The highest BCUT2D eigenvalue weighted by atomic mass is 35.5. The van der Waals surface area contributed by atoms with Gasteiger partial charge in [0.1, 0.15) is 5.69 Å². The average molecular weight is 159 g/mol. The Morgan fingerprint density at radius 3 is 2.50 bits per heavy atom. The van der Waals surface area contributed by atoms with E-state index in [1.54, 1.807) is 6.92 Å². The first kappa shape index (κ1) is 7.44. The Kier molecular flexibility index (Phi) is 2.19. The molecule has 0 saturated carbocycles. The van der Waals surface area contributed by atoms with Crippen molar-refractivity contribution in [2.24, 2.45) is 0 Å². The summed E-state index contributed by atoms with van der Waals surface area (Å²) in [6.07, 6.45) is 2.32. The summed E-state index contributed by atoms with van der Waals surface area (Å²) in [6.45, 7) is 1.59. The lowest BCUT2D eigenvalue weighted by atomic mass is 10.3. The lowest BCUT2D eigenvalue weighted by molar-refractivity contribution is 0.194. The number of aromatic nitrogens is 2. The van der Waals surface area contributed by atoms with Gasteiger partial charge in [-0.3, -0.25) is 4.98 Å². The van der Waals surface area contributed by atoms with E-state index in [9.17, 15) is 0 Å². The van der Waals surface area contributed by atoms with Gasteiger partial charge in [0, 0.05) is 12.4 Å². The summed E-state index contributed by atoms with van der Waals surface area (Å²) >= 11 is 5.59. The Labute approximate surface area is 63.7 Å². The van der Waals surface area contributed by atoms with Crippen molar-refractivity contribution in [3.63, 3.8) is 0 Å². The van der Waals surface area contributed by atoms with Crippen LogP contribution in [0.25, 0.3) is 0 Å². The van der Waals surface area contributed by atoms with Gasteiger partial charge in [-0.2, -0.15) is 0 Å². The highest BCUT2D eigenvalue weighted by molar-refractivity contribution is 6.30. The fraction of sp³-hybridized carbons (Fsp3) is 0.333. The number of aliphatic hydroxyl groups excluding tert-OH is 1. The number of rotatable bonds is 1. The standard InChI is InChI=1S/C6H7ClN2O/c1-4(10)5-6(7)9-3-2-8-5/h2-4,10H,1H3/t4-/m1/s1. The summed E-state index contributed by atoms with van der Waals surface area (Å²) in [5.41, 5.74) is 0.421. The molecule has 0 fully saturated rings. The first-order valence-corrected chi connectivity index (χ1v) is 3.24. The molecule has 1 aromatic heterocycles. The minimum Gasteiger partial charge on any atom is -0.387 e. The van der Waals surface area contributed by atoms with Crippen LogP contribution in [0.4, 0.5) is 0 Å². The summed E-state index contributed by atoms with van der Waals surface area (Å²) in [6, 6.07) is 0. The van der Waals surface area contributed by atoms with Gasteiger partial charge >= 0.3 is 0 Å². The molecule has 0 aliphatic carbocycles. The maximum atomic E-state index is 9.02. The van der Waals surface area contributed by atoms with Gasteiger partial charge in [0.15, 0.2) is 5.15 Å². The van der Waals surface area contributed by atoms with Crippen LogP contribution in [-0.4, -0.2) is 15.1 Å². The highest BCUT2D eigenvalue weighted by Gasteiger charge is 2.06. The third-order valence-corrected chi connectivity index (χ3v) is 1.37. The predicted octanol–water partition coefficient (Wildman–Crippen LogP) is 1.18. The van der Waals surface area contributed by atoms with E-state index in [1.807, 2.05) is 0 Å². The minimum atomic E-state index is -0.652. The maximum absolute atomic E-state index is 9.02. The normalized spacial score (nSPS) is 13.1. The molecule has 0 aliphatic rings. The molecule has 4 heteroatoms. The molecule has 3 nitrogen and oxygen atoms in total. The minimum absolute atomic E-state index is 0.262. The van der Waals surface area contributed by atoms with Crippen LogP contribution in [0.2, 0.25) is 5.15 Å². The molecule has 0 saturated heterocycles. The zero-order valence-electron chi connectivity index (χ0n) is 5.45. The maximum Gasteiger partial charge on any atom is 0.153 e. The quantitative estimate of drug-likeness (QED) is 0.668. The van der Waals surface area contributed by atoms with E-state index in [0.29, 0.717) is 5.69 Å². The second-order valence-electron chi connectivity index (χ2n) is 1.91. The van der Waals surface area contributed by atoms with Gasteiger partial charge in [-0.15, -0.1) is 0 Å². The Morgan fingerprint density at radius 2 is 2.10 bits per heavy atom. The van der Waals surface area contributed by atoms with E-state index in [4.69, 9.17) is 16.7 Å². The number of nitrogens with zero attached hydrogens (tertiary/aromatic N) is 2. The van der Waals surface area contributed by atoms with Gasteiger partial charge in [-0.1, -0.05) is 11.6 Å². The van der Waals surface area contributed by atoms with Crippen molar-refractivity contribution in [1.82, 2.24) is 9.97 Å². The van der Waals surface area contributed by atoms with Crippen molar-refractivity contribution in [2.45, 2.75) is 13.0 Å². The van der Waals surface area contributed by atoms with Crippen LogP contribution in [0.1, 0.15) is 18.7 Å². The van der Waals surface area contributed by atoms with E-state index < -0.39 is 6.10 Å². The van der Waals surface area contributed by atoms with Crippen molar-refractivity contribution >= 4 is 11.6 Å². The second kappa shape index (κ2) is 2.94. The fourth-order valence-corrected chi connectivity index (χ4v) is 0.875. The Hall–Kier alpha value is -0.670. The van der Waals surface area contributed by atoms with Gasteiger partial charge in [0.25, 0.3) is 0 Å². The molecule has 0 radical (unpaired) electrons. The molecule has 1 heterocycles. The first-order valence-electron chi connectivity index (χ1n) is 2.86. The smallest absolute Gasteiger partial charge is 0.153 e. The summed E-state index contributed by atoms with van der Waals surface area (Å²) < 4.78 is 0. The molecule has 0 bridgehead atoms. The average Bonchev–Trinajstić information content (AvgIpc) is 1.88. The molecular formula is C6H7ClN2O. The van der Waals surface area contributed by atoms with Crippen LogP contribution in [0.3, 0.4) is 0 Å². The van der Waals surface area contributed by atoms with Crippen molar-refractivity contribution in [1.29, 1.82) is 0 Å². The van der Waals surface area contributed by atoms with Crippen molar-refractivity contribution in [3.8, 4) is 0 Å². The van der Waals surface area contributed by atoms with E-state index in [2.05, 4.69) is 9.97 Å². The molecule has 0 aromatic carbocycles. The van der Waals surface area contributed by atoms with Crippen LogP contribution in [-0.2, 0) is 0 Å². The molecule has 10 heavy (non-hydrogen) atoms. The molecule has 1 rings (SSSR count). The molecule has 1 N–H and O–H groups in total. The zero-order chi connectivity index (χ0) is 7.56. The molecule has 1 aromatic rings. The van der Waals surface area contributed by atoms with E-state index in [0.717, 1.165) is 0 Å². The number of aliphatic hydroxyl groups is 1. The summed E-state index contributed by atoms with van der Waals surface area (Å²) in [5.74, 6) is 0. The molecular weight excluding hydrogens is 152 g/mol. The number of hydrogen-bond donors (Lipinski definition) is 1. The molecule has 0 amide bonds. The highest BCUT2D eigenvalue weighted by Crippen LogP contribution is 2.15. The van der Waals surface area contributed by atoms with Crippen LogP contribution in [0.15, 0.2) is 12.4 Å². The van der Waals surface area contributed by atoms with Crippen LogP contribution >= 0.6 is 11.6 Å². The third kappa shape index (κ3) is 1.43. The molecule has 0 spiro atoms. The summed E-state index contributed by atoms with van der Waals surface area (Å²) in [4.78, 5) is 7.58. The molecule has 1 atom stereocenters. The summed E-state index contributed by atoms with van der Waals surface area (Å²) in [5, 5.41) is 9.28. The van der Waals surface area contributed by atoms with Crippen LogP contribution in [0, 0.1) is 0 Å². The topological polar surface area (TPSA) is 46.0 Å². The molecule has 0 unspecified atom stereocenters. The monoisotopic (exact) mass is 158 g/mol. The third-order valence-electron chi connectivity index (χ3n) is 1.08. The molecule has 54 valence electrons. The number of hydrogen-bond acceptors (Lipinski definition) is 3. The predicted molar refractivity (Wildman–Crippen MR) is 37.7 cm³/mol. The molecule has 0 aliphatic heterocycles. The van der Waals surface area contributed by atoms with Gasteiger partial charge in [-0.05, 0) is 6.92 Å². The van der Waals surface area contributed by atoms with Crippen molar-refractivity contribution in [2.75, 3.05) is 0 Å². The first-order chi connectivity index (χ1) is 4.72. The summed E-state index contributed by atoms with van der Waals surface area (Å²) in [7, 11) is 0. The van der Waals surface area contributed by atoms with Gasteiger partial charge in [0.2, 0.25) is 0 Å². The fourth-order valence-electron chi connectivity index (χ4n) is 0.612. The Balaban J connectivity index is 3.03. The van der Waals surface area contributed by atoms with E-state index >= 15 is 0 Å². The largest absolute Gasteiger partial charge is 0.387 e. The second-order valence-corrected chi connectivity index (χ2v) is 2.27. The SMILES string of the molecule is C[C@@H](O)c1nccnc1Cl. The van der Waals surface area contributed by atoms with Crippen molar-refractivity contribution < 1.29 is 5.11 Å². The van der Waals surface area contributed by atoms with Crippen LogP contribution in [0.5, 0.6) is 0 Å². The van der Waals surface area contributed by atoms with Crippen molar-refractivity contribution in [3.05, 3.63) is 23.2 Å². The van der Waals surface area contributed by atoms with Gasteiger partial charge in [0.05, 0.1) is 6.10 Å². The van der Waals surface area contributed by atoms with E-state index in [1.165, 1.54) is 12.4 Å². The number of halogens is 1. The van der Waals surface area contributed by atoms with E-state index in [-0.39, 0.29) is 5.15 Å². The lowest BCUT2D eigenvalue weighted by Crippen LogP contribution is -1.96.